The van der Waals surface area contributed by atoms with Gasteiger partial charge in [-0.25, -0.2) is 8.42 Å². The van der Waals surface area contributed by atoms with Crippen molar-refractivity contribution >= 4 is 10.0 Å². The fraction of sp³-hybridized carbons (Fsp3) is 0.368. The van der Waals surface area contributed by atoms with Crippen LogP contribution in [-0.4, -0.2) is 32.9 Å². The normalized spacial score (nSPS) is 16.9. The number of hydrogen-bond acceptors (Lipinski definition) is 3. The smallest absolute Gasteiger partial charge is 0.243 e. The van der Waals surface area contributed by atoms with E-state index in [-0.39, 0.29) is 0 Å². The van der Waals surface area contributed by atoms with Gasteiger partial charge in [0.15, 0.2) is 0 Å². The van der Waals surface area contributed by atoms with Crippen molar-refractivity contribution in [1.29, 1.82) is 0 Å². The number of para-hydroxylation sites is 1. The maximum Gasteiger partial charge on any atom is 0.243 e. The van der Waals surface area contributed by atoms with Crippen molar-refractivity contribution in [1.82, 2.24) is 4.31 Å². The molecule has 0 N–H and O–H groups in total. The third-order valence-electron chi connectivity index (χ3n) is 4.69. The van der Waals surface area contributed by atoms with Crippen LogP contribution in [0, 0.1) is 6.92 Å². The molecule has 1 saturated heterocycles. The summed E-state index contributed by atoms with van der Waals surface area (Å²) in [5.74, 6) is 1.22. The molecule has 0 radical (unpaired) electrons. The van der Waals surface area contributed by atoms with Crippen LogP contribution in [0.25, 0.3) is 0 Å². The Hall–Kier alpha value is -1.85. The molecule has 0 bridgehead atoms. The first-order valence-corrected chi connectivity index (χ1v) is 9.66. The molecule has 1 aliphatic heterocycles. The van der Waals surface area contributed by atoms with E-state index in [1.165, 1.54) is 5.56 Å². The minimum absolute atomic E-state index is 0.339. The first-order valence-electron chi connectivity index (χ1n) is 8.22. The van der Waals surface area contributed by atoms with Crippen LogP contribution in [0.15, 0.2) is 53.4 Å². The highest BCUT2D eigenvalue weighted by atomic mass is 32.2. The predicted octanol–water partition coefficient (Wildman–Crippen LogP) is 3.57. The average molecular weight is 345 g/mol. The Bertz CT molecular complexity index is 792. The van der Waals surface area contributed by atoms with Gasteiger partial charge in [-0.2, -0.15) is 4.31 Å². The Labute approximate surface area is 144 Å². The van der Waals surface area contributed by atoms with Crippen molar-refractivity contribution in [2.24, 2.45) is 0 Å². The van der Waals surface area contributed by atoms with Crippen LogP contribution in [0.2, 0.25) is 0 Å². The fourth-order valence-electron chi connectivity index (χ4n) is 3.27. The summed E-state index contributed by atoms with van der Waals surface area (Å²) < 4.78 is 32.6. The number of ether oxygens (including phenoxy) is 1. The van der Waals surface area contributed by atoms with Crippen LogP contribution in [0.3, 0.4) is 0 Å². The van der Waals surface area contributed by atoms with E-state index in [1.807, 2.05) is 37.3 Å². The Morgan fingerprint density at radius 2 is 1.62 bits per heavy atom. The van der Waals surface area contributed by atoms with E-state index >= 15 is 0 Å². The largest absolute Gasteiger partial charge is 0.496 e. The molecule has 0 amide bonds. The molecule has 4 nitrogen and oxygen atoms in total. The van der Waals surface area contributed by atoms with Crippen molar-refractivity contribution in [2.45, 2.75) is 30.6 Å². The summed E-state index contributed by atoms with van der Waals surface area (Å²) in [5, 5.41) is 0. The lowest BCUT2D eigenvalue weighted by molar-refractivity contribution is 0.313. The molecule has 0 unspecified atom stereocenters. The summed E-state index contributed by atoms with van der Waals surface area (Å²) in [6.07, 6.45) is 1.62. The first kappa shape index (κ1) is 17.0. The maximum absolute atomic E-state index is 12.8. The molecular formula is C19H23NO3S. The summed E-state index contributed by atoms with van der Waals surface area (Å²) >= 11 is 0. The van der Waals surface area contributed by atoms with E-state index in [0.29, 0.717) is 23.9 Å². The number of methoxy groups -OCH3 is 1. The molecule has 5 heteroatoms. The second kappa shape index (κ2) is 6.95. The third kappa shape index (κ3) is 3.32. The van der Waals surface area contributed by atoms with Gasteiger partial charge >= 0.3 is 0 Å². The third-order valence-corrected chi connectivity index (χ3v) is 6.60. The van der Waals surface area contributed by atoms with E-state index < -0.39 is 10.0 Å². The molecule has 2 aromatic rings. The first-order chi connectivity index (χ1) is 11.5. The van der Waals surface area contributed by atoms with Gasteiger partial charge < -0.3 is 4.74 Å². The average Bonchev–Trinajstić information content (AvgIpc) is 2.62. The molecule has 1 fully saturated rings. The van der Waals surface area contributed by atoms with Crippen LogP contribution in [-0.2, 0) is 10.0 Å². The van der Waals surface area contributed by atoms with Gasteiger partial charge in [0, 0.05) is 13.1 Å². The molecule has 0 atom stereocenters. The van der Waals surface area contributed by atoms with Crippen LogP contribution in [0.5, 0.6) is 5.75 Å². The Kier molecular flexibility index (Phi) is 4.92. The SMILES string of the molecule is COc1ccccc1C1CCN(S(=O)(=O)c2ccc(C)cc2)CC1. The second-order valence-electron chi connectivity index (χ2n) is 6.23. The van der Waals surface area contributed by atoms with Crippen LogP contribution in [0.4, 0.5) is 0 Å². The van der Waals surface area contributed by atoms with E-state index in [4.69, 9.17) is 4.74 Å². The summed E-state index contributed by atoms with van der Waals surface area (Å²) in [5.41, 5.74) is 2.23. The maximum atomic E-state index is 12.8. The number of nitrogens with zero attached hydrogens (tertiary/aromatic N) is 1. The molecule has 128 valence electrons. The van der Waals surface area contributed by atoms with Crippen molar-refractivity contribution in [3.63, 3.8) is 0 Å². The molecule has 0 spiro atoms. The van der Waals surface area contributed by atoms with Crippen molar-refractivity contribution < 1.29 is 13.2 Å². The minimum Gasteiger partial charge on any atom is -0.496 e. The van der Waals surface area contributed by atoms with Crippen LogP contribution >= 0.6 is 0 Å². The van der Waals surface area contributed by atoms with Crippen LogP contribution < -0.4 is 4.74 Å². The topological polar surface area (TPSA) is 46.6 Å². The summed E-state index contributed by atoms with van der Waals surface area (Å²) in [4.78, 5) is 0.379. The molecule has 3 rings (SSSR count). The van der Waals surface area contributed by atoms with E-state index in [2.05, 4.69) is 6.07 Å². The monoisotopic (exact) mass is 345 g/mol. The van der Waals surface area contributed by atoms with Gasteiger partial charge in [0.05, 0.1) is 12.0 Å². The fourth-order valence-corrected chi connectivity index (χ4v) is 4.74. The molecule has 24 heavy (non-hydrogen) atoms. The lowest BCUT2D eigenvalue weighted by Gasteiger charge is -2.32. The van der Waals surface area contributed by atoms with Gasteiger partial charge in [-0.3, -0.25) is 0 Å². The number of piperidine rings is 1. The van der Waals surface area contributed by atoms with Gasteiger partial charge in [-0.05, 0) is 49.4 Å². The lowest BCUT2D eigenvalue weighted by Crippen LogP contribution is -2.37. The van der Waals surface area contributed by atoms with Gasteiger partial charge in [0.25, 0.3) is 0 Å². The molecule has 1 heterocycles. The standard InChI is InChI=1S/C19H23NO3S/c1-15-7-9-17(10-8-15)24(21,22)20-13-11-16(12-14-20)18-5-3-4-6-19(18)23-2/h3-10,16H,11-14H2,1-2H3. The Morgan fingerprint density at radius 1 is 1.00 bits per heavy atom. The molecule has 0 aliphatic carbocycles. The van der Waals surface area contributed by atoms with Gasteiger partial charge in [0.1, 0.15) is 5.75 Å². The molecule has 0 saturated carbocycles. The number of aryl methyl sites for hydroxylation is 1. The molecule has 1 aliphatic rings. The second-order valence-corrected chi connectivity index (χ2v) is 8.17. The van der Waals surface area contributed by atoms with Gasteiger partial charge in [-0.1, -0.05) is 35.9 Å². The van der Waals surface area contributed by atoms with Crippen molar-refractivity contribution in [2.75, 3.05) is 20.2 Å². The van der Waals surface area contributed by atoms with E-state index in [1.54, 1.807) is 23.5 Å². The molecular weight excluding hydrogens is 322 g/mol. The zero-order valence-electron chi connectivity index (χ0n) is 14.1. The van der Waals surface area contributed by atoms with E-state index in [0.717, 1.165) is 24.2 Å². The lowest BCUT2D eigenvalue weighted by atomic mass is 9.89. The number of benzene rings is 2. The quantitative estimate of drug-likeness (QED) is 0.851. The van der Waals surface area contributed by atoms with Crippen LogP contribution in [0.1, 0.15) is 29.9 Å². The number of rotatable bonds is 4. The highest BCUT2D eigenvalue weighted by Crippen LogP contribution is 2.35. The summed E-state index contributed by atoms with van der Waals surface area (Å²) in [7, 11) is -1.72. The minimum atomic E-state index is -3.40. The highest BCUT2D eigenvalue weighted by Gasteiger charge is 2.30. The predicted molar refractivity (Wildman–Crippen MR) is 94.9 cm³/mol. The van der Waals surface area contributed by atoms with Crippen molar-refractivity contribution in [3.05, 3.63) is 59.7 Å². The Morgan fingerprint density at radius 3 is 2.25 bits per heavy atom. The molecule has 2 aromatic carbocycles. The number of hydrogen-bond donors (Lipinski definition) is 0. The zero-order valence-corrected chi connectivity index (χ0v) is 14.9. The summed E-state index contributed by atoms with van der Waals surface area (Å²) in [6, 6.07) is 15.1. The molecule has 0 aromatic heterocycles. The Balaban J connectivity index is 1.74. The summed E-state index contributed by atoms with van der Waals surface area (Å²) in [6.45, 7) is 3.03. The van der Waals surface area contributed by atoms with Gasteiger partial charge in [-0.15, -0.1) is 0 Å². The van der Waals surface area contributed by atoms with Crippen molar-refractivity contribution in [3.8, 4) is 5.75 Å². The van der Waals surface area contributed by atoms with E-state index in [9.17, 15) is 8.42 Å². The zero-order chi connectivity index (χ0) is 17.2. The number of sulfonamides is 1. The highest BCUT2D eigenvalue weighted by molar-refractivity contribution is 7.89. The van der Waals surface area contributed by atoms with Gasteiger partial charge in [0.2, 0.25) is 10.0 Å².